The van der Waals surface area contributed by atoms with Gasteiger partial charge < -0.3 is 15.4 Å². The molecule has 1 aromatic carbocycles. The van der Waals surface area contributed by atoms with E-state index in [0.29, 0.717) is 11.4 Å². The number of non-ortho nitro benzene ring substituents is 1. The van der Waals surface area contributed by atoms with Crippen LogP contribution in [-0.4, -0.2) is 30.5 Å². The number of nitro benzene ring substituents is 1. The van der Waals surface area contributed by atoms with E-state index in [2.05, 4.69) is 10.6 Å². The molecule has 1 aliphatic heterocycles. The van der Waals surface area contributed by atoms with Crippen LogP contribution >= 0.6 is 0 Å². The van der Waals surface area contributed by atoms with Crippen molar-refractivity contribution in [1.29, 1.82) is 0 Å². The summed E-state index contributed by atoms with van der Waals surface area (Å²) in [6.45, 7) is 0.810. The number of methoxy groups -OCH3 is 1. The number of anilines is 1. The highest BCUT2D eigenvalue weighted by atomic mass is 16.6. The van der Waals surface area contributed by atoms with Gasteiger partial charge in [0.2, 0.25) is 5.91 Å². The molecule has 7 heteroatoms. The molecule has 1 aliphatic rings. The third-order valence-electron chi connectivity index (χ3n) is 3.03. The molecule has 19 heavy (non-hydrogen) atoms. The molecule has 1 atom stereocenters. The van der Waals surface area contributed by atoms with Crippen molar-refractivity contribution >= 4 is 17.3 Å². The summed E-state index contributed by atoms with van der Waals surface area (Å²) in [7, 11) is 1.45. The van der Waals surface area contributed by atoms with Gasteiger partial charge in [-0.2, -0.15) is 0 Å². The summed E-state index contributed by atoms with van der Waals surface area (Å²) in [6, 6.07) is 3.85. The first-order valence-electron chi connectivity index (χ1n) is 5.98. The van der Waals surface area contributed by atoms with Crippen molar-refractivity contribution in [2.24, 2.45) is 0 Å². The zero-order valence-corrected chi connectivity index (χ0v) is 10.5. The molecule has 0 spiro atoms. The van der Waals surface area contributed by atoms with Gasteiger partial charge in [0.1, 0.15) is 5.75 Å². The van der Waals surface area contributed by atoms with Gasteiger partial charge in [-0.05, 0) is 25.5 Å². The van der Waals surface area contributed by atoms with E-state index in [0.717, 1.165) is 19.4 Å². The van der Waals surface area contributed by atoms with E-state index in [1.165, 1.54) is 25.3 Å². The second-order valence-electron chi connectivity index (χ2n) is 4.28. The normalized spacial score (nSPS) is 18.1. The molecule has 102 valence electrons. The molecule has 2 N–H and O–H groups in total. The molecule has 1 heterocycles. The van der Waals surface area contributed by atoms with Crippen LogP contribution in [0.25, 0.3) is 0 Å². The predicted molar refractivity (Wildman–Crippen MR) is 69.3 cm³/mol. The van der Waals surface area contributed by atoms with Gasteiger partial charge in [0, 0.05) is 12.1 Å². The Hall–Kier alpha value is -2.15. The van der Waals surface area contributed by atoms with Crippen LogP contribution in [0.1, 0.15) is 12.8 Å². The molecule has 1 amide bonds. The zero-order chi connectivity index (χ0) is 13.8. The van der Waals surface area contributed by atoms with Crippen LogP contribution in [0.4, 0.5) is 11.4 Å². The highest BCUT2D eigenvalue weighted by Crippen LogP contribution is 2.29. The highest BCUT2D eigenvalue weighted by molar-refractivity contribution is 5.96. The van der Waals surface area contributed by atoms with Gasteiger partial charge in [-0.1, -0.05) is 0 Å². The molecule has 1 saturated heterocycles. The van der Waals surface area contributed by atoms with Crippen LogP contribution < -0.4 is 15.4 Å². The van der Waals surface area contributed by atoms with Gasteiger partial charge in [0.25, 0.3) is 5.69 Å². The second kappa shape index (κ2) is 5.66. The largest absolute Gasteiger partial charge is 0.495 e. The maximum atomic E-state index is 12.0. The highest BCUT2D eigenvalue weighted by Gasteiger charge is 2.23. The Kier molecular flexibility index (Phi) is 3.96. The van der Waals surface area contributed by atoms with Gasteiger partial charge in [-0.3, -0.25) is 14.9 Å². The van der Waals surface area contributed by atoms with E-state index < -0.39 is 4.92 Å². The number of hydrogen-bond acceptors (Lipinski definition) is 5. The SMILES string of the molecule is COc1ccc([N+](=O)[O-])cc1NC(=O)C1CCCN1. The summed E-state index contributed by atoms with van der Waals surface area (Å²) >= 11 is 0. The van der Waals surface area contributed by atoms with Crippen LogP contribution in [0.5, 0.6) is 5.75 Å². The van der Waals surface area contributed by atoms with Gasteiger partial charge in [0.05, 0.1) is 23.8 Å². The van der Waals surface area contributed by atoms with Crippen molar-refractivity contribution in [3.05, 3.63) is 28.3 Å². The monoisotopic (exact) mass is 265 g/mol. The smallest absolute Gasteiger partial charge is 0.271 e. The first-order chi connectivity index (χ1) is 9.11. The lowest BCUT2D eigenvalue weighted by atomic mass is 10.2. The molecule has 1 unspecified atom stereocenters. The summed E-state index contributed by atoms with van der Waals surface area (Å²) < 4.78 is 5.09. The second-order valence-corrected chi connectivity index (χ2v) is 4.28. The van der Waals surface area contributed by atoms with Crippen LogP contribution in [0.15, 0.2) is 18.2 Å². The van der Waals surface area contributed by atoms with Crippen LogP contribution in [0.2, 0.25) is 0 Å². The summed E-state index contributed by atoms with van der Waals surface area (Å²) in [5.74, 6) is 0.202. The average Bonchev–Trinajstić information content (AvgIpc) is 2.92. The van der Waals surface area contributed by atoms with Gasteiger partial charge in [0.15, 0.2) is 0 Å². The zero-order valence-electron chi connectivity index (χ0n) is 10.5. The van der Waals surface area contributed by atoms with Crippen molar-refractivity contribution < 1.29 is 14.5 Å². The molecule has 0 saturated carbocycles. The maximum Gasteiger partial charge on any atom is 0.271 e. The molecule has 0 aliphatic carbocycles. The maximum absolute atomic E-state index is 12.0. The standard InChI is InChI=1S/C12H15N3O4/c1-19-11-5-4-8(15(17)18)7-10(11)14-12(16)9-3-2-6-13-9/h4-5,7,9,13H,2-3,6H2,1H3,(H,14,16). The number of benzene rings is 1. The van der Waals surface area contributed by atoms with Gasteiger partial charge >= 0.3 is 0 Å². The minimum atomic E-state index is -0.511. The van der Waals surface area contributed by atoms with E-state index in [1.807, 2.05) is 0 Å². The summed E-state index contributed by atoms with van der Waals surface area (Å²) in [4.78, 5) is 22.2. The summed E-state index contributed by atoms with van der Waals surface area (Å²) in [5, 5.41) is 16.5. The molecule has 0 bridgehead atoms. The number of ether oxygens (including phenoxy) is 1. The number of nitrogens with one attached hydrogen (secondary N) is 2. The molecular formula is C12H15N3O4. The van der Waals surface area contributed by atoms with E-state index in [1.54, 1.807) is 0 Å². The van der Waals surface area contributed by atoms with E-state index in [9.17, 15) is 14.9 Å². The van der Waals surface area contributed by atoms with Crippen molar-refractivity contribution in [2.45, 2.75) is 18.9 Å². The van der Waals surface area contributed by atoms with Crippen molar-refractivity contribution in [3.8, 4) is 5.75 Å². The minimum absolute atomic E-state index is 0.0875. The Bertz CT molecular complexity index is 498. The lowest BCUT2D eigenvalue weighted by Crippen LogP contribution is -2.35. The Balaban J connectivity index is 2.19. The molecule has 0 aromatic heterocycles. The topological polar surface area (TPSA) is 93.5 Å². The fourth-order valence-electron chi connectivity index (χ4n) is 2.04. The number of nitrogens with zero attached hydrogens (tertiary/aromatic N) is 1. The Morgan fingerprint density at radius 1 is 1.58 bits per heavy atom. The molecule has 1 fully saturated rings. The summed E-state index contributed by atoms with van der Waals surface area (Å²) in [6.07, 6.45) is 1.72. The Labute approximate surface area is 110 Å². The predicted octanol–water partition coefficient (Wildman–Crippen LogP) is 1.29. The number of carbonyl (C=O) groups is 1. The van der Waals surface area contributed by atoms with E-state index in [-0.39, 0.29) is 17.6 Å². The van der Waals surface area contributed by atoms with Crippen molar-refractivity contribution in [2.75, 3.05) is 19.0 Å². The van der Waals surface area contributed by atoms with E-state index in [4.69, 9.17) is 4.74 Å². The number of rotatable bonds is 4. The van der Waals surface area contributed by atoms with Gasteiger partial charge in [-0.25, -0.2) is 0 Å². The minimum Gasteiger partial charge on any atom is -0.495 e. The third kappa shape index (κ3) is 3.00. The molecule has 1 aromatic rings. The lowest BCUT2D eigenvalue weighted by molar-refractivity contribution is -0.384. The van der Waals surface area contributed by atoms with Crippen molar-refractivity contribution in [3.63, 3.8) is 0 Å². The quantitative estimate of drug-likeness (QED) is 0.632. The summed E-state index contributed by atoms with van der Waals surface area (Å²) in [5.41, 5.74) is 0.228. The van der Waals surface area contributed by atoms with Gasteiger partial charge in [-0.15, -0.1) is 0 Å². The Morgan fingerprint density at radius 2 is 2.37 bits per heavy atom. The third-order valence-corrected chi connectivity index (χ3v) is 3.03. The lowest BCUT2D eigenvalue weighted by Gasteiger charge is -2.13. The molecular weight excluding hydrogens is 250 g/mol. The van der Waals surface area contributed by atoms with Crippen LogP contribution in [0.3, 0.4) is 0 Å². The first-order valence-corrected chi connectivity index (χ1v) is 5.98. The first kappa shape index (κ1) is 13.3. The fraction of sp³-hybridized carbons (Fsp3) is 0.417. The molecule has 7 nitrogen and oxygen atoms in total. The number of hydrogen-bond donors (Lipinski definition) is 2. The molecule has 0 radical (unpaired) electrons. The Morgan fingerprint density at radius 3 is 2.95 bits per heavy atom. The van der Waals surface area contributed by atoms with E-state index >= 15 is 0 Å². The fourth-order valence-corrected chi connectivity index (χ4v) is 2.04. The molecule has 2 rings (SSSR count). The number of amides is 1. The number of carbonyl (C=O) groups excluding carboxylic acids is 1. The van der Waals surface area contributed by atoms with Crippen LogP contribution in [0, 0.1) is 10.1 Å². The van der Waals surface area contributed by atoms with Crippen molar-refractivity contribution in [1.82, 2.24) is 5.32 Å². The average molecular weight is 265 g/mol. The number of nitro groups is 1. The van der Waals surface area contributed by atoms with Crippen LogP contribution in [-0.2, 0) is 4.79 Å².